The third-order valence-electron chi connectivity index (χ3n) is 5.38. The van der Waals surface area contributed by atoms with E-state index in [2.05, 4.69) is 37.2 Å². The zero-order chi connectivity index (χ0) is 18.1. The van der Waals surface area contributed by atoms with E-state index in [1.54, 1.807) is 11.3 Å². The molecule has 1 fully saturated rings. The van der Waals surface area contributed by atoms with Crippen molar-refractivity contribution in [3.8, 4) is 0 Å². The van der Waals surface area contributed by atoms with E-state index >= 15 is 0 Å². The molecule has 4 rings (SSSR count). The molecule has 0 aliphatic carbocycles. The summed E-state index contributed by atoms with van der Waals surface area (Å²) in [6.07, 6.45) is 0.919. The van der Waals surface area contributed by atoms with E-state index in [1.807, 2.05) is 23.6 Å². The molecule has 4 heterocycles. The molecule has 2 aliphatic rings. The summed E-state index contributed by atoms with van der Waals surface area (Å²) in [6.45, 7) is 5.50. The van der Waals surface area contributed by atoms with Crippen LogP contribution in [0.2, 0.25) is 0 Å². The van der Waals surface area contributed by atoms with E-state index in [9.17, 15) is 4.79 Å². The summed E-state index contributed by atoms with van der Waals surface area (Å²) in [5.41, 5.74) is 1.40. The number of carbonyl (C=O) groups is 1. The summed E-state index contributed by atoms with van der Waals surface area (Å²) in [7, 11) is 3.99. The van der Waals surface area contributed by atoms with Crippen LogP contribution in [-0.2, 0) is 19.5 Å². The quantitative estimate of drug-likeness (QED) is 0.815. The minimum Gasteiger partial charge on any atom is -0.348 e. The van der Waals surface area contributed by atoms with Crippen LogP contribution in [0.15, 0.2) is 16.8 Å². The molecule has 0 bridgehead atoms. The average Bonchev–Trinajstić information content (AvgIpc) is 3.31. The van der Waals surface area contributed by atoms with Gasteiger partial charge < -0.3 is 14.8 Å². The van der Waals surface area contributed by atoms with E-state index in [-0.39, 0.29) is 5.91 Å². The molecule has 1 saturated heterocycles. The van der Waals surface area contributed by atoms with Crippen LogP contribution in [0, 0.1) is 11.8 Å². The highest BCUT2D eigenvalue weighted by atomic mass is 32.1. The predicted molar refractivity (Wildman–Crippen MR) is 101 cm³/mol. The van der Waals surface area contributed by atoms with Crippen LogP contribution in [0.25, 0.3) is 0 Å². The molecule has 0 spiro atoms. The maximum absolute atomic E-state index is 12.5. The molecule has 2 atom stereocenters. The molecule has 1 amide bonds. The van der Waals surface area contributed by atoms with Crippen molar-refractivity contribution in [1.82, 2.24) is 29.9 Å². The molecule has 140 valence electrons. The molecule has 0 saturated carbocycles. The van der Waals surface area contributed by atoms with Gasteiger partial charge in [0, 0.05) is 45.7 Å². The van der Waals surface area contributed by atoms with Gasteiger partial charge in [0.1, 0.15) is 5.82 Å². The van der Waals surface area contributed by atoms with Crippen molar-refractivity contribution in [3.63, 3.8) is 0 Å². The van der Waals surface area contributed by atoms with E-state index in [0.29, 0.717) is 24.2 Å². The van der Waals surface area contributed by atoms with Crippen molar-refractivity contribution in [2.75, 3.05) is 40.3 Å². The summed E-state index contributed by atoms with van der Waals surface area (Å²) in [6, 6.07) is 2.21. The van der Waals surface area contributed by atoms with Gasteiger partial charge in [-0.2, -0.15) is 11.3 Å². The summed E-state index contributed by atoms with van der Waals surface area (Å²) in [4.78, 5) is 17.0. The minimum atomic E-state index is -0.114. The molecular formula is C18H26N6OS. The van der Waals surface area contributed by atoms with Gasteiger partial charge in [0.05, 0.1) is 0 Å². The number of rotatable bonds is 6. The average molecular weight is 375 g/mol. The predicted octanol–water partition coefficient (Wildman–Crippen LogP) is 0.935. The Bertz CT molecular complexity index is 756. The lowest BCUT2D eigenvalue weighted by Gasteiger charge is -2.25. The number of aromatic nitrogens is 3. The Labute approximate surface area is 158 Å². The molecule has 2 aromatic rings. The number of carbonyl (C=O) groups excluding carboxylic acids is 1. The van der Waals surface area contributed by atoms with Gasteiger partial charge in [-0.05, 0) is 48.3 Å². The summed E-state index contributed by atoms with van der Waals surface area (Å²) >= 11 is 1.76. The van der Waals surface area contributed by atoms with Gasteiger partial charge in [0.15, 0.2) is 0 Å². The van der Waals surface area contributed by atoms with Crippen molar-refractivity contribution < 1.29 is 4.79 Å². The first-order chi connectivity index (χ1) is 12.6. The molecule has 0 unspecified atom stereocenters. The number of likely N-dealkylation sites (N-methyl/N-ethyl adjacent to an activating group) is 1. The maximum Gasteiger partial charge on any atom is 0.289 e. The van der Waals surface area contributed by atoms with Crippen LogP contribution >= 0.6 is 11.3 Å². The van der Waals surface area contributed by atoms with Crippen LogP contribution in [0.4, 0.5) is 0 Å². The SMILES string of the molecule is CN(C)CCNC(=O)c1nnc2n1C[C@@H]1CN(Cc3ccsc3)C[C@H]1C2. The smallest absolute Gasteiger partial charge is 0.289 e. The lowest BCUT2D eigenvalue weighted by molar-refractivity contribution is 0.0932. The number of fused-ring (bicyclic) bond motifs is 2. The fraction of sp³-hybridized carbons (Fsp3) is 0.611. The number of nitrogens with one attached hydrogen (secondary N) is 1. The van der Waals surface area contributed by atoms with Crippen LogP contribution in [0.5, 0.6) is 0 Å². The normalized spacial score (nSPS) is 22.4. The minimum absolute atomic E-state index is 0.114. The zero-order valence-electron chi connectivity index (χ0n) is 15.4. The van der Waals surface area contributed by atoms with E-state index < -0.39 is 0 Å². The maximum atomic E-state index is 12.5. The zero-order valence-corrected chi connectivity index (χ0v) is 16.2. The molecule has 2 aliphatic heterocycles. The summed E-state index contributed by atoms with van der Waals surface area (Å²) in [5, 5.41) is 15.8. The number of likely N-dealkylation sites (tertiary alicyclic amines) is 1. The highest BCUT2D eigenvalue weighted by molar-refractivity contribution is 7.07. The fourth-order valence-corrected chi connectivity index (χ4v) is 4.69. The Hall–Kier alpha value is -1.77. The highest BCUT2D eigenvalue weighted by Crippen LogP contribution is 2.33. The Kier molecular flexibility index (Phi) is 5.06. The standard InChI is InChI=1S/C18H26N6OS/c1-22(2)5-4-19-18(25)17-21-20-16-7-14-9-23(8-13-3-6-26-12-13)10-15(14)11-24(16)17/h3,6,12,14-15H,4-5,7-11H2,1-2H3,(H,19,25)/t14-,15+/m1/s1. The van der Waals surface area contributed by atoms with Crippen LogP contribution in [-0.4, -0.2) is 70.7 Å². The van der Waals surface area contributed by atoms with Crippen LogP contribution in [0.3, 0.4) is 0 Å². The van der Waals surface area contributed by atoms with Crippen molar-refractivity contribution in [1.29, 1.82) is 0 Å². The second-order valence-corrected chi connectivity index (χ2v) is 8.44. The van der Waals surface area contributed by atoms with Gasteiger partial charge in [0.2, 0.25) is 5.82 Å². The Morgan fingerprint density at radius 3 is 2.92 bits per heavy atom. The Morgan fingerprint density at radius 2 is 2.15 bits per heavy atom. The van der Waals surface area contributed by atoms with Gasteiger partial charge >= 0.3 is 0 Å². The first kappa shape index (κ1) is 17.6. The first-order valence-electron chi connectivity index (χ1n) is 9.18. The monoisotopic (exact) mass is 374 g/mol. The van der Waals surface area contributed by atoms with Crippen LogP contribution < -0.4 is 5.32 Å². The molecule has 2 aromatic heterocycles. The lowest BCUT2D eigenvalue weighted by Crippen LogP contribution is -2.35. The Morgan fingerprint density at radius 1 is 1.31 bits per heavy atom. The molecular weight excluding hydrogens is 348 g/mol. The molecule has 7 nitrogen and oxygen atoms in total. The number of amides is 1. The topological polar surface area (TPSA) is 66.3 Å². The third-order valence-corrected chi connectivity index (χ3v) is 6.11. The van der Waals surface area contributed by atoms with Gasteiger partial charge in [-0.15, -0.1) is 10.2 Å². The lowest BCUT2D eigenvalue weighted by atomic mass is 9.89. The molecule has 0 radical (unpaired) electrons. The Balaban J connectivity index is 1.39. The van der Waals surface area contributed by atoms with Crippen LogP contribution in [0.1, 0.15) is 22.0 Å². The molecule has 1 N–H and O–H groups in total. The van der Waals surface area contributed by atoms with Crippen molar-refractivity contribution >= 4 is 17.2 Å². The van der Waals surface area contributed by atoms with Gasteiger partial charge in [-0.1, -0.05) is 0 Å². The van der Waals surface area contributed by atoms with Gasteiger partial charge in [-0.3, -0.25) is 9.69 Å². The summed E-state index contributed by atoms with van der Waals surface area (Å²) < 4.78 is 2.04. The van der Waals surface area contributed by atoms with E-state index in [0.717, 1.165) is 45.0 Å². The molecule has 0 aromatic carbocycles. The number of hydrogen-bond acceptors (Lipinski definition) is 6. The van der Waals surface area contributed by atoms with E-state index in [4.69, 9.17) is 0 Å². The van der Waals surface area contributed by atoms with E-state index in [1.165, 1.54) is 5.56 Å². The number of thiophene rings is 1. The second kappa shape index (κ2) is 7.46. The highest BCUT2D eigenvalue weighted by Gasteiger charge is 2.39. The van der Waals surface area contributed by atoms with Gasteiger partial charge in [-0.25, -0.2) is 0 Å². The number of nitrogens with zero attached hydrogens (tertiary/aromatic N) is 5. The first-order valence-corrected chi connectivity index (χ1v) is 10.1. The number of hydrogen-bond donors (Lipinski definition) is 1. The molecule has 26 heavy (non-hydrogen) atoms. The van der Waals surface area contributed by atoms with Crippen molar-refractivity contribution in [3.05, 3.63) is 34.0 Å². The third kappa shape index (κ3) is 3.67. The van der Waals surface area contributed by atoms with Crippen molar-refractivity contribution in [2.24, 2.45) is 11.8 Å². The fourth-order valence-electron chi connectivity index (χ4n) is 4.03. The summed E-state index contributed by atoms with van der Waals surface area (Å²) in [5.74, 6) is 2.51. The van der Waals surface area contributed by atoms with Gasteiger partial charge in [0.25, 0.3) is 5.91 Å². The molecule has 8 heteroatoms. The largest absolute Gasteiger partial charge is 0.348 e. The van der Waals surface area contributed by atoms with Crippen molar-refractivity contribution in [2.45, 2.75) is 19.5 Å². The second-order valence-electron chi connectivity index (χ2n) is 7.66.